The van der Waals surface area contributed by atoms with Crippen molar-refractivity contribution in [1.82, 2.24) is 13.9 Å². The van der Waals surface area contributed by atoms with Gasteiger partial charge in [-0.25, -0.2) is 4.68 Å². The number of carbonyl (C=O) groups excluding carboxylic acids is 1. The molecule has 0 aliphatic carbocycles. The van der Waals surface area contributed by atoms with Gasteiger partial charge >= 0.3 is 0 Å². The van der Waals surface area contributed by atoms with Crippen molar-refractivity contribution in [2.24, 2.45) is 13.0 Å². The highest BCUT2D eigenvalue weighted by atomic mass is 32.2. The zero-order valence-electron chi connectivity index (χ0n) is 25.2. The number of nitriles is 1. The summed E-state index contributed by atoms with van der Waals surface area (Å²) < 4.78 is 5.22. The number of thiocarbonyl (C=S) groups is 1. The number of amides is 1. The lowest BCUT2D eigenvalue weighted by molar-refractivity contribution is -0.113. The smallest absolute Gasteiger partial charge is 0.296 e. The van der Waals surface area contributed by atoms with Gasteiger partial charge < -0.3 is 4.90 Å². The molecule has 43 heavy (non-hydrogen) atoms. The second-order valence-corrected chi connectivity index (χ2v) is 12.9. The molecule has 0 radical (unpaired) electrons. The molecule has 9 nitrogen and oxygen atoms in total. The molecule has 1 aromatic carbocycles. The molecule has 2 aliphatic heterocycles. The first-order valence-corrected chi connectivity index (χ1v) is 15.9. The molecular formula is C32H36N6O3S2. The molecule has 0 N–H and O–H groups in total. The predicted molar refractivity (Wildman–Crippen MR) is 177 cm³/mol. The lowest BCUT2D eigenvalue weighted by atomic mass is 9.97. The number of unbranched alkanes of at least 4 members (excludes halogenated alkanes) is 1. The summed E-state index contributed by atoms with van der Waals surface area (Å²) in [6.07, 6.45) is 5.42. The Bertz CT molecular complexity index is 1790. The number of para-hydroxylation sites is 1. The summed E-state index contributed by atoms with van der Waals surface area (Å²) in [6.45, 7) is 9.90. The fraction of sp³-hybridized carbons (Fsp3) is 0.406. The number of thioether (sulfide) groups is 1. The van der Waals surface area contributed by atoms with Gasteiger partial charge in [-0.2, -0.15) is 5.26 Å². The molecule has 1 amide bonds. The van der Waals surface area contributed by atoms with Crippen LogP contribution in [0.25, 0.3) is 11.8 Å². The van der Waals surface area contributed by atoms with Crippen molar-refractivity contribution >= 4 is 51.8 Å². The fourth-order valence-electron chi connectivity index (χ4n) is 5.83. The van der Waals surface area contributed by atoms with E-state index in [2.05, 4.69) is 24.8 Å². The number of piperidine rings is 1. The van der Waals surface area contributed by atoms with Crippen molar-refractivity contribution in [3.05, 3.63) is 78.3 Å². The molecule has 2 aromatic heterocycles. The van der Waals surface area contributed by atoms with Gasteiger partial charge in [-0.15, -0.1) is 0 Å². The first kappa shape index (κ1) is 30.6. The number of hydrogen-bond acceptors (Lipinski definition) is 7. The van der Waals surface area contributed by atoms with E-state index in [1.54, 1.807) is 36.2 Å². The topological polar surface area (TPSA) is 96.3 Å². The van der Waals surface area contributed by atoms with Gasteiger partial charge in [0.05, 0.1) is 16.3 Å². The Kier molecular flexibility index (Phi) is 8.81. The standard InChI is InChI=1S/C32H36N6O3S2/c1-6-7-15-36-28(35-16-13-20(2)14-17-35)24(21(3)25(19-33)29(36)39)18-26-30(40)37(32(42)43-26)27-22(4)34(5)38(31(27)41)23-11-9-8-10-12-23/h8-12,18,20H,6-7,13-17H2,1-5H3/b26-18+. The van der Waals surface area contributed by atoms with E-state index in [1.165, 1.54) is 9.58 Å². The molecule has 0 atom stereocenters. The third-order valence-corrected chi connectivity index (χ3v) is 9.78. The van der Waals surface area contributed by atoms with Crippen LogP contribution < -0.4 is 20.9 Å². The minimum atomic E-state index is -0.400. The van der Waals surface area contributed by atoms with Gasteiger partial charge in [0, 0.05) is 32.2 Å². The molecule has 11 heteroatoms. The molecule has 224 valence electrons. The maximum atomic E-state index is 14.0. The Balaban J connectivity index is 1.66. The number of benzene rings is 1. The van der Waals surface area contributed by atoms with Gasteiger partial charge in [0.1, 0.15) is 23.1 Å². The van der Waals surface area contributed by atoms with Crippen LogP contribution in [0.4, 0.5) is 11.5 Å². The molecule has 5 rings (SSSR count). The molecule has 0 saturated carbocycles. The van der Waals surface area contributed by atoms with Crippen LogP contribution in [0.3, 0.4) is 0 Å². The first-order valence-electron chi connectivity index (χ1n) is 14.6. The molecule has 0 unspecified atom stereocenters. The predicted octanol–water partition coefficient (Wildman–Crippen LogP) is 5.27. The molecule has 4 heterocycles. The van der Waals surface area contributed by atoms with E-state index in [9.17, 15) is 19.6 Å². The van der Waals surface area contributed by atoms with Crippen LogP contribution in [0.2, 0.25) is 0 Å². The van der Waals surface area contributed by atoms with E-state index < -0.39 is 5.91 Å². The number of nitrogens with zero attached hydrogens (tertiary/aromatic N) is 6. The zero-order chi connectivity index (χ0) is 31.0. The first-order chi connectivity index (χ1) is 20.6. The van der Waals surface area contributed by atoms with Crippen LogP contribution >= 0.6 is 24.0 Å². The van der Waals surface area contributed by atoms with Gasteiger partial charge in [0.2, 0.25) is 0 Å². The third kappa shape index (κ3) is 5.38. The minimum absolute atomic E-state index is 0.0802. The number of hydrogen-bond donors (Lipinski definition) is 0. The van der Waals surface area contributed by atoms with E-state index in [0.717, 1.165) is 56.4 Å². The van der Waals surface area contributed by atoms with Crippen LogP contribution in [0.5, 0.6) is 0 Å². The fourth-order valence-corrected chi connectivity index (χ4v) is 7.08. The molecule has 0 bridgehead atoms. The van der Waals surface area contributed by atoms with Crippen molar-refractivity contribution in [2.75, 3.05) is 22.9 Å². The van der Waals surface area contributed by atoms with Crippen molar-refractivity contribution in [1.29, 1.82) is 5.26 Å². The summed E-state index contributed by atoms with van der Waals surface area (Å²) in [4.78, 5) is 45.2. The zero-order valence-corrected chi connectivity index (χ0v) is 26.8. The maximum absolute atomic E-state index is 14.0. The highest BCUT2D eigenvalue weighted by Crippen LogP contribution is 2.39. The quantitative estimate of drug-likeness (QED) is 0.264. The summed E-state index contributed by atoms with van der Waals surface area (Å²) >= 11 is 6.82. The van der Waals surface area contributed by atoms with E-state index >= 15 is 0 Å². The van der Waals surface area contributed by atoms with Gasteiger partial charge in [-0.3, -0.25) is 28.5 Å². The maximum Gasteiger partial charge on any atom is 0.296 e. The second-order valence-electron chi connectivity index (χ2n) is 11.3. The average molecular weight is 617 g/mol. The summed E-state index contributed by atoms with van der Waals surface area (Å²) in [5, 5.41) is 10.0. The van der Waals surface area contributed by atoms with E-state index in [1.807, 2.05) is 30.3 Å². The Labute approximate surface area is 261 Å². The van der Waals surface area contributed by atoms with Crippen LogP contribution in [-0.2, 0) is 18.4 Å². The van der Waals surface area contributed by atoms with Crippen LogP contribution in [0.1, 0.15) is 61.9 Å². The number of pyridine rings is 1. The molecule has 2 fully saturated rings. The largest absolute Gasteiger partial charge is 0.357 e. The Morgan fingerprint density at radius 2 is 1.77 bits per heavy atom. The molecule has 2 saturated heterocycles. The van der Waals surface area contributed by atoms with Gasteiger partial charge in [-0.05, 0) is 62.8 Å². The molecule has 2 aliphatic rings. The number of rotatable bonds is 7. The second kappa shape index (κ2) is 12.4. The van der Waals surface area contributed by atoms with Gasteiger partial charge in [-0.1, -0.05) is 62.4 Å². The summed E-state index contributed by atoms with van der Waals surface area (Å²) in [7, 11) is 1.78. The Morgan fingerprint density at radius 3 is 2.40 bits per heavy atom. The Morgan fingerprint density at radius 1 is 1.09 bits per heavy atom. The van der Waals surface area contributed by atoms with E-state index in [4.69, 9.17) is 12.2 Å². The lowest BCUT2D eigenvalue weighted by Crippen LogP contribution is -2.39. The number of carbonyl (C=O) groups is 1. The molecule has 3 aromatic rings. The van der Waals surface area contributed by atoms with Gasteiger partial charge in [0.15, 0.2) is 4.32 Å². The molecular weight excluding hydrogens is 581 g/mol. The highest BCUT2D eigenvalue weighted by Gasteiger charge is 2.38. The third-order valence-electron chi connectivity index (χ3n) is 8.48. The van der Waals surface area contributed by atoms with E-state index in [0.29, 0.717) is 39.9 Å². The summed E-state index contributed by atoms with van der Waals surface area (Å²) in [6, 6.07) is 11.4. The SMILES string of the molecule is CCCCn1c(N2CCC(C)CC2)c(/C=C2/SC(=S)N(c3c(C)n(C)n(-c4ccccc4)c3=O)C2=O)c(C)c(C#N)c1=O. The van der Waals surface area contributed by atoms with Crippen LogP contribution in [0.15, 0.2) is 44.8 Å². The van der Waals surface area contributed by atoms with Crippen molar-refractivity contribution in [2.45, 2.75) is 59.9 Å². The number of aromatic nitrogens is 3. The highest BCUT2D eigenvalue weighted by molar-refractivity contribution is 8.27. The monoisotopic (exact) mass is 616 g/mol. The summed E-state index contributed by atoms with van der Waals surface area (Å²) in [5.41, 5.74) is 2.15. The van der Waals surface area contributed by atoms with Gasteiger partial charge in [0.25, 0.3) is 17.0 Å². The lowest BCUT2D eigenvalue weighted by Gasteiger charge is -2.35. The Hall–Kier alpha value is -3.88. The number of anilines is 2. The van der Waals surface area contributed by atoms with E-state index in [-0.39, 0.29) is 26.7 Å². The summed E-state index contributed by atoms with van der Waals surface area (Å²) in [5.74, 6) is 0.929. The van der Waals surface area contributed by atoms with Crippen molar-refractivity contribution in [3.8, 4) is 11.8 Å². The van der Waals surface area contributed by atoms with Crippen LogP contribution in [0, 0.1) is 31.1 Å². The minimum Gasteiger partial charge on any atom is -0.357 e. The normalized spacial score (nSPS) is 16.9. The van der Waals surface area contributed by atoms with Crippen LogP contribution in [-0.4, -0.2) is 37.2 Å². The molecule has 0 spiro atoms. The van der Waals surface area contributed by atoms with Crippen molar-refractivity contribution in [3.63, 3.8) is 0 Å². The average Bonchev–Trinajstić information content (AvgIpc) is 3.39. The van der Waals surface area contributed by atoms with Crippen molar-refractivity contribution < 1.29 is 4.79 Å².